The van der Waals surface area contributed by atoms with E-state index in [4.69, 9.17) is 11.1 Å². The van der Waals surface area contributed by atoms with Gasteiger partial charge in [0.2, 0.25) is 5.96 Å². The Bertz CT molecular complexity index is 309. The second-order valence-corrected chi connectivity index (χ2v) is 2.31. The van der Waals surface area contributed by atoms with Crippen LogP contribution >= 0.6 is 0 Å². The zero-order valence-electron chi connectivity index (χ0n) is 6.82. The van der Waals surface area contributed by atoms with Crippen LogP contribution < -0.4 is 16.6 Å². The van der Waals surface area contributed by atoms with Gasteiger partial charge in [0.15, 0.2) is 0 Å². The van der Waals surface area contributed by atoms with Crippen LogP contribution in [0.4, 0.5) is 0 Å². The number of hydrogen-bond donors (Lipinski definition) is 3. The van der Waals surface area contributed by atoms with E-state index in [1.165, 1.54) is 0 Å². The Hall–Kier alpha value is -2.04. The molecular weight excluding hydrogens is 168 g/mol. The molecule has 0 aliphatic rings. The molecule has 0 atom stereocenters. The third kappa shape index (κ3) is 2.82. The number of nitrogens with zero attached hydrogens (tertiary/aromatic N) is 1. The fourth-order valence-corrected chi connectivity index (χ4v) is 0.756. The highest BCUT2D eigenvalue weighted by Crippen LogP contribution is 1.97. The SMILES string of the molecule is N=C(N)N[N]C(=O)c1ccccc1. The molecule has 1 aromatic carbocycles. The van der Waals surface area contributed by atoms with Crippen LogP contribution in [0.2, 0.25) is 0 Å². The molecule has 0 heterocycles. The van der Waals surface area contributed by atoms with Crippen molar-refractivity contribution in [2.24, 2.45) is 5.73 Å². The van der Waals surface area contributed by atoms with Crippen molar-refractivity contribution in [1.82, 2.24) is 10.9 Å². The first-order chi connectivity index (χ1) is 6.20. The molecule has 0 spiro atoms. The molecule has 0 fully saturated rings. The topological polar surface area (TPSA) is 93.1 Å². The van der Waals surface area contributed by atoms with Crippen molar-refractivity contribution in [3.8, 4) is 0 Å². The Morgan fingerprint density at radius 2 is 2.00 bits per heavy atom. The van der Waals surface area contributed by atoms with Crippen molar-refractivity contribution in [2.45, 2.75) is 0 Å². The Morgan fingerprint density at radius 3 is 2.54 bits per heavy atom. The van der Waals surface area contributed by atoms with Gasteiger partial charge in [0.05, 0.1) is 0 Å². The molecule has 1 aromatic rings. The number of amides is 1. The van der Waals surface area contributed by atoms with Gasteiger partial charge in [-0.3, -0.25) is 10.2 Å². The summed E-state index contributed by atoms with van der Waals surface area (Å²) in [6.45, 7) is 0. The van der Waals surface area contributed by atoms with Gasteiger partial charge in [-0.15, -0.1) is 5.43 Å². The molecule has 0 bridgehead atoms. The summed E-state index contributed by atoms with van der Waals surface area (Å²) in [7, 11) is 0. The van der Waals surface area contributed by atoms with Gasteiger partial charge in [0, 0.05) is 5.56 Å². The van der Waals surface area contributed by atoms with Crippen LogP contribution in [0, 0.1) is 5.41 Å². The first-order valence-electron chi connectivity index (χ1n) is 3.60. The summed E-state index contributed by atoms with van der Waals surface area (Å²) in [6, 6.07) is 8.53. The van der Waals surface area contributed by atoms with Gasteiger partial charge in [-0.25, -0.2) is 5.43 Å². The first kappa shape index (κ1) is 9.05. The number of guanidine groups is 1. The second-order valence-electron chi connectivity index (χ2n) is 2.31. The minimum absolute atomic E-state index is 0.357. The van der Waals surface area contributed by atoms with Crippen LogP contribution in [0.5, 0.6) is 0 Å². The lowest BCUT2D eigenvalue weighted by Gasteiger charge is -2.01. The molecule has 0 aliphatic heterocycles. The maximum absolute atomic E-state index is 11.2. The van der Waals surface area contributed by atoms with E-state index >= 15 is 0 Å². The fraction of sp³-hybridized carbons (Fsp3) is 0. The van der Waals surface area contributed by atoms with E-state index in [2.05, 4.69) is 10.9 Å². The third-order valence-corrected chi connectivity index (χ3v) is 1.30. The molecule has 0 unspecified atom stereocenters. The summed E-state index contributed by atoms with van der Waals surface area (Å²) in [5, 5.41) is 6.77. The van der Waals surface area contributed by atoms with E-state index in [1.807, 2.05) is 0 Å². The lowest BCUT2D eigenvalue weighted by molar-refractivity contribution is 0.0938. The highest BCUT2D eigenvalue weighted by Gasteiger charge is 2.04. The summed E-state index contributed by atoms with van der Waals surface area (Å²) in [4.78, 5) is 11.2. The number of carbonyl (C=O) groups excluding carboxylic acids is 1. The van der Waals surface area contributed by atoms with Gasteiger partial charge in [-0.1, -0.05) is 18.2 Å². The van der Waals surface area contributed by atoms with Gasteiger partial charge < -0.3 is 5.73 Å². The second kappa shape index (κ2) is 4.10. The molecule has 0 aliphatic carbocycles. The van der Waals surface area contributed by atoms with E-state index in [0.29, 0.717) is 5.56 Å². The Balaban J connectivity index is 2.54. The smallest absolute Gasteiger partial charge is 0.293 e. The van der Waals surface area contributed by atoms with Crippen LogP contribution in [0.1, 0.15) is 10.4 Å². The van der Waals surface area contributed by atoms with Gasteiger partial charge in [-0.05, 0) is 12.1 Å². The van der Waals surface area contributed by atoms with E-state index in [1.54, 1.807) is 30.3 Å². The Morgan fingerprint density at radius 1 is 1.38 bits per heavy atom. The number of hydrogen-bond acceptors (Lipinski definition) is 2. The van der Waals surface area contributed by atoms with E-state index in [9.17, 15) is 4.79 Å². The number of rotatable bonds is 1. The summed E-state index contributed by atoms with van der Waals surface area (Å²) in [5.74, 6) is -0.805. The highest BCUT2D eigenvalue weighted by molar-refractivity contribution is 5.94. The molecule has 1 rings (SSSR count). The monoisotopic (exact) mass is 177 g/mol. The minimum atomic E-state index is -0.448. The average Bonchev–Trinajstić information content (AvgIpc) is 2.15. The molecule has 1 radical (unpaired) electrons. The zero-order valence-corrected chi connectivity index (χ0v) is 6.82. The quantitative estimate of drug-likeness (QED) is 0.316. The molecule has 13 heavy (non-hydrogen) atoms. The predicted molar refractivity (Wildman–Crippen MR) is 48.0 cm³/mol. The van der Waals surface area contributed by atoms with Crippen LogP contribution in [0.3, 0.4) is 0 Å². The Kier molecular flexibility index (Phi) is 2.86. The maximum atomic E-state index is 11.2. The van der Waals surface area contributed by atoms with Crippen LogP contribution in [0.25, 0.3) is 0 Å². The minimum Gasteiger partial charge on any atom is -0.369 e. The fourth-order valence-electron chi connectivity index (χ4n) is 0.756. The summed E-state index contributed by atoms with van der Waals surface area (Å²) >= 11 is 0. The first-order valence-corrected chi connectivity index (χ1v) is 3.60. The lowest BCUT2D eigenvalue weighted by atomic mass is 10.2. The average molecular weight is 177 g/mol. The normalized spacial score (nSPS) is 8.92. The summed E-state index contributed by atoms with van der Waals surface area (Å²) in [6.07, 6.45) is 0. The van der Waals surface area contributed by atoms with Crippen molar-refractivity contribution in [1.29, 1.82) is 5.41 Å². The number of carbonyl (C=O) groups is 1. The predicted octanol–water partition coefficient (Wildman–Crippen LogP) is -0.171. The Labute approximate surface area is 75.4 Å². The van der Waals surface area contributed by atoms with E-state index in [-0.39, 0.29) is 5.96 Å². The number of nitrogens with one attached hydrogen (secondary N) is 2. The number of nitrogens with two attached hydrogens (primary N) is 1. The molecule has 0 saturated carbocycles. The molecular formula is C8H9N4O. The highest BCUT2D eigenvalue weighted by atomic mass is 16.2. The van der Waals surface area contributed by atoms with Crippen molar-refractivity contribution < 1.29 is 4.79 Å². The molecule has 0 aromatic heterocycles. The molecule has 5 nitrogen and oxygen atoms in total. The summed E-state index contributed by atoms with van der Waals surface area (Å²) in [5.41, 5.74) is 10.8. The summed E-state index contributed by atoms with van der Waals surface area (Å²) < 4.78 is 0. The van der Waals surface area contributed by atoms with Crippen molar-refractivity contribution >= 4 is 11.9 Å². The molecule has 4 N–H and O–H groups in total. The van der Waals surface area contributed by atoms with E-state index in [0.717, 1.165) is 0 Å². The van der Waals surface area contributed by atoms with Crippen molar-refractivity contribution in [2.75, 3.05) is 0 Å². The lowest BCUT2D eigenvalue weighted by Crippen LogP contribution is -2.39. The van der Waals surface area contributed by atoms with Gasteiger partial charge in [0.1, 0.15) is 0 Å². The largest absolute Gasteiger partial charge is 0.369 e. The van der Waals surface area contributed by atoms with Gasteiger partial charge in [0.25, 0.3) is 5.91 Å². The van der Waals surface area contributed by atoms with Crippen LogP contribution in [-0.4, -0.2) is 11.9 Å². The molecule has 5 heteroatoms. The van der Waals surface area contributed by atoms with Crippen molar-refractivity contribution in [3.05, 3.63) is 35.9 Å². The molecule has 67 valence electrons. The van der Waals surface area contributed by atoms with Crippen molar-refractivity contribution in [3.63, 3.8) is 0 Å². The zero-order chi connectivity index (χ0) is 9.68. The number of benzene rings is 1. The van der Waals surface area contributed by atoms with Crippen LogP contribution in [-0.2, 0) is 0 Å². The third-order valence-electron chi connectivity index (χ3n) is 1.30. The maximum Gasteiger partial charge on any atom is 0.293 e. The standard InChI is InChI=1S/C8H9N4O/c9-8(10)12-11-7(13)6-4-2-1-3-5-6/h1-5H,(H4,9,10,12). The molecule has 0 saturated heterocycles. The van der Waals surface area contributed by atoms with E-state index < -0.39 is 5.91 Å². The van der Waals surface area contributed by atoms with Crippen LogP contribution in [0.15, 0.2) is 30.3 Å². The van der Waals surface area contributed by atoms with Gasteiger partial charge >= 0.3 is 0 Å². The molecule has 1 amide bonds. The van der Waals surface area contributed by atoms with Gasteiger partial charge in [-0.2, -0.15) is 0 Å².